The van der Waals surface area contributed by atoms with Crippen molar-refractivity contribution in [1.29, 1.82) is 0 Å². The van der Waals surface area contributed by atoms with E-state index in [0.717, 1.165) is 31.4 Å². The molecule has 0 saturated carbocycles. The molecule has 3 aliphatic rings. The van der Waals surface area contributed by atoms with Gasteiger partial charge in [0, 0.05) is 11.4 Å². The Kier molecular flexibility index (Phi) is 7.81. The summed E-state index contributed by atoms with van der Waals surface area (Å²) in [5.74, 6) is 0. The van der Waals surface area contributed by atoms with E-state index in [4.69, 9.17) is 0 Å². The molecular weight excluding hydrogens is 489 g/mol. The predicted octanol–water partition coefficient (Wildman–Crippen LogP) is 8.09. The normalized spacial score (nSPS) is 18.4. The molecule has 6 rings (SSSR count). The SMILES string of the molecule is OB(O)C1=CC=C(c2ccc(N(c3ccc(C4=CCCC=C4)cc3)C3C=CC(c4ccccc4)=CC3)cc2)CC1. The number of nitrogens with zero attached hydrogens (tertiary/aromatic N) is 1. The number of anilines is 2. The molecule has 4 heteroatoms. The van der Waals surface area contributed by atoms with Gasteiger partial charge >= 0.3 is 7.12 Å². The molecule has 0 aliphatic heterocycles. The van der Waals surface area contributed by atoms with Crippen LogP contribution in [0.4, 0.5) is 11.4 Å². The number of rotatable bonds is 7. The Hall–Kier alpha value is -4.12. The van der Waals surface area contributed by atoms with Gasteiger partial charge in [-0.15, -0.1) is 0 Å². The summed E-state index contributed by atoms with van der Waals surface area (Å²) in [5, 5.41) is 18.9. The van der Waals surface area contributed by atoms with E-state index >= 15 is 0 Å². The molecule has 0 fully saturated rings. The average Bonchev–Trinajstić information content (AvgIpc) is 3.03. The quantitative estimate of drug-likeness (QED) is 0.308. The summed E-state index contributed by atoms with van der Waals surface area (Å²) in [6.07, 6.45) is 22.2. The van der Waals surface area contributed by atoms with Crippen LogP contribution in [0.25, 0.3) is 16.7 Å². The lowest BCUT2D eigenvalue weighted by molar-refractivity contribution is 0.416. The molecule has 0 aromatic heterocycles. The molecule has 0 spiro atoms. The van der Waals surface area contributed by atoms with Gasteiger partial charge in [0.25, 0.3) is 0 Å². The second kappa shape index (κ2) is 12.0. The maximum atomic E-state index is 9.47. The van der Waals surface area contributed by atoms with Crippen LogP contribution in [-0.2, 0) is 0 Å². The van der Waals surface area contributed by atoms with Crippen LogP contribution in [0.1, 0.15) is 48.8 Å². The molecule has 0 amide bonds. The second-order valence-corrected chi connectivity index (χ2v) is 10.6. The van der Waals surface area contributed by atoms with Crippen LogP contribution in [-0.4, -0.2) is 23.2 Å². The van der Waals surface area contributed by atoms with E-state index in [9.17, 15) is 10.0 Å². The summed E-state index contributed by atoms with van der Waals surface area (Å²) in [7, 11) is -1.37. The summed E-state index contributed by atoms with van der Waals surface area (Å²) >= 11 is 0. The van der Waals surface area contributed by atoms with E-state index in [0.29, 0.717) is 11.9 Å². The molecule has 198 valence electrons. The van der Waals surface area contributed by atoms with Gasteiger partial charge in [-0.05, 0) is 95.3 Å². The van der Waals surface area contributed by atoms with Gasteiger partial charge in [0.05, 0.1) is 6.04 Å². The summed E-state index contributed by atoms with van der Waals surface area (Å²) in [4.78, 5) is 2.43. The van der Waals surface area contributed by atoms with Crippen LogP contribution >= 0.6 is 0 Å². The Bertz CT molecular complexity index is 1520. The fraction of sp³-hybridized carbons (Fsp3) is 0.167. The first-order valence-electron chi connectivity index (χ1n) is 14.2. The third-order valence-corrected chi connectivity index (χ3v) is 8.02. The van der Waals surface area contributed by atoms with Crippen molar-refractivity contribution in [3.63, 3.8) is 0 Å². The molecule has 2 N–H and O–H groups in total. The minimum Gasteiger partial charge on any atom is -0.423 e. The van der Waals surface area contributed by atoms with E-state index in [-0.39, 0.29) is 6.04 Å². The third-order valence-electron chi connectivity index (χ3n) is 8.02. The van der Waals surface area contributed by atoms with Crippen molar-refractivity contribution >= 4 is 35.2 Å². The van der Waals surface area contributed by atoms with Crippen molar-refractivity contribution < 1.29 is 10.0 Å². The van der Waals surface area contributed by atoms with Gasteiger partial charge in [-0.2, -0.15) is 0 Å². The van der Waals surface area contributed by atoms with E-state index in [1.807, 2.05) is 12.2 Å². The van der Waals surface area contributed by atoms with E-state index in [1.54, 1.807) is 0 Å². The lowest BCUT2D eigenvalue weighted by Crippen LogP contribution is -2.30. The minimum atomic E-state index is -1.37. The molecule has 0 heterocycles. The average molecular weight is 523 g/mol. The first kappa shape index (κ1) is 26.1. The summed E-state index contributed by atoms with van der Waals surface area (Å²) in [6.45, 7) is 0. The highest BCUT2D eigenvalue weighted by molar-refractivity contribution is 6.50. The van der Waals surface area contributed by atoms with E-state index < -0.39 is 7.12 Å². The van der Waals surface area contributed by atoms with Gasteiger partial charge in [-0.3, -0.25) is 0 Å². The molecule has 3 aliphatic carbocycles. The highest BCUT2D eigenvalue weighted by Crippen LogP contribution is 2.36. The lowest BCUT2D eigenvalue weighted by Gasteiger charge is -2.33. The Labute approximate surface area is 237 Å². The number of hydrogen-bond acceptors (Lipinski definition) is 3. The molecule has 3 aromatic carbocycles. The number of allylic oxidation sites excluding steroid dienone is 10. The van der Waals surface area contributed by atoms with Crippen molar-refractivity contribution in [3.8, 4) is 0 Å². The molecule has 3 nitrogen and oxygen atoms in total. The number of hydrogen-bond donors (Lipinski definition) is 2. The van der Waals surface area contributed by atoms with Crippen LogP contribution in [0.15, 0.2) is 133 Å². The maximum Gasteiger partial charge on any atom is 0.484 e. The van der Waals surface area contributed by atoms with Gasteiger partial charge in [-0.25, -0.2) is 0 Å². The highest BCUT2D eigenvalue weighted by atomic mass is 16.4. The monoisotopic (exact) mass is 523 g/mol. The van der Waals surface area contributed by atoms with Crippen molar-refractivity contribution in [1.82, 2.24) is 0 Å². The van der Waals surface area contributed by atoms with Crippen LogP contribution < -0.4 is 4.90 Å². The van der Waals surface area contributed by atoms with Gasteiger partial charge in [-0.1, -0.05) is 103 Å². The molecule has 1 unspecified atom stereocenters. The standard InChI is InChI=1S/C36H34BNO2/c39-37(40)33-19-11-29(12-20-33)32-17-25-36(26-18-32)38(34-21-13-30(14-22-34)27-7-3-1-4-8-27)35-23-15-31(16-24-35)28-9-5-2-6-10-28/h1,3-5,7-11,13-19,21,23-26,34,39-40H,2,6,12,20,22H2. The van der Waals surface area contributed by atoms with Gasteiger partial charge < -0.3 is 14.9 Å². The third kappa shape index (κ3) is 5.74. The summed E-state index contributed by atoms with van der Waals surface area (Å²) in [6, 6.07) is 28.5. The van der Waals surface area contributed by atoms with Crippen molar-refractivity contribution in [2.45, 2.75) is 38.1 Å². The maximum absolute atomic E-state index is 9.47. The molecular formula is C36H34BNO2. The topological polar surface area (TPSA) is 43.7 Å². The smallest absolute Gasteiger partial charge is 0.423 e. The Morgan fingerprint density at radius 3 is 1.90 bits per heavy atom. The van der Waals surface area contributed by atoms with Crippen molar-refractivity contribution in [2.75, 3.05) is 4.90 Å². The van der Waals surface area contributed by atoms with Crippen LogP contribution in [0.5, 0.6) is 0 Å². The summed E-state index contributed by atoms with van der Waals surface area (Å²) in [5.41, 5.74) is 10.4. The predicted molar refractivity (Wildman–Crippen MR) is 169 cm³/mol. The zero-order valence-electron chi connectivity index (χ0n) is 22.7. The largest absolute Gasteiger partial charge is 0.484 e. The van der Waals surface area contributed by atoms with Crippen LogP contribution in [0, 0.1) is 0 Å². The van der Waals surface area contributed by atoms with E-state index in [2.05, 4.69) is 120 Å². The van der Waals surface area contributed by atoms with Gasteiger partial charge in [0.1, 0.15) is 0 Å². The Balaban J connectivity index is 1.30. The zero-order valence-corrected chi connectivity index (χ0v) is 22.7. The Morgan fingerprint density at radius 1 is 0.650 bits per heavy atom. The Morgan fingerprint density at radius 2 is 1.32 bits per heavy atom. The first-order chi connectivity index (χ1) is 19.7. The molecule has 0 radical (unpaired) electrons. The van der Waals surface area contributed by atoms with Crippen molar-refractivity contribution in [2.24, 2.45) is 0 Å². The molecule has 0 saturated heterocycles. The first-order valence-corrected chi connectivity index (χ1v) is 14.2. The van der Waals surface area contributed by atoms with E-state index in [1.165, 1.54) is 39.1 Å². The minimum absolute atomic E-state index is 0.198. The molecule has 0 bridgehead atoms. The van der Waals surface area contributed by atoms with Gasteiger partial charge in [0.15, 0.2) is 0 Å². The molecule has 3 aromatic rings. The fourth-order valence-corrected chi connectivity index (χ4v) is 5.76. The molecule has 1 atom stereocenters. The fourth-order valence-electron chi connectivity index (χ4n) is 5.76. The number of benzene rings is 3. The van der Waals surface area contributed by atoms with Crippen LogP contribution in [0.2, 0.25) is 0 Å². The second-order valence-electron chi connectivity index (χ2n) is 10.6. The highest BCUT2D eigenvalue weighted by Gasteiger charge is 2.22. The van der Waals surface area contributed by atoms with Crippen molar-refractivity contribution in [3.05, 3.63) is 150 Å². The molecule has 40 heavy (non-hydrogen) atoms. The van der Waals surface area contributed by atoms with Crippen LogP contribution in [0.3, 0.4) is 0 Å². The summed E-state index contributed by atoms with van der Waals surface area (Å²) < 4.78 is 0. The lowest BCUT2D eigenvalue weighted by atomic mass is 9.73. The van der Waals surface area contributed by atoms with Gasteiger partial charge in [0.2, 0.25) is 0 Å². The zero-order chi connectivity index (χ0) is 27.3.